The number of hydrogen-bond donors (Lipinski definition) is 2. The first kappa shape index (κ1) is 16.3. The number of anilines is 1. The Balaban J connectivity index is 1.74. The zero-order valence-electron chi connectivity index (χ0n) is 13.7. The van der Waals surface area contributed by atoms with Crippen LogP contribution >= 0.6 is 11.8 Å². The van der Waals surface area contributed by atoms with Gasteiger partial charge in [0.25, 0.3) is 5.56 Å². The standard InChI is InChI=1S/C17H18N4O2S/c1-10-5-4-6-12(7-10)19-14(22)9-24-17-20-13-8-11(2)18-15(13)16(23)21(17)3/h4-8,18H,9H2,1-3H3,(H,19,22). The third-order valence-corrected chi connectivity index (χ3v) is 4.62. The minimum atomic E-state index is -0.144. The Bertz CT molecular complexity index is 974. The van der Waals surface area contributed by atoms with Gasteiger partial charge < -0.3 is 10.3 Å². The number of aryl methyl sites for hydroxylation is 2. The molecule has 0 aliphatic carbocycles. The summed E-state index contributed by atoms with van der Waals surface area (Å²) in [7, 11) is 1.66. The van der Waals surface area contributed by atoms with Gasteiger partial charge in [-0.25, -0.2) is 4.98 Å². The van der Waals surface area contributed by atoms with E-state index in [1.54, 1.807) is 7.05 Å². The number of rotatable bonds is 4. The van der Waals surface area contributed by atoms with Crippen LogP contribution < -0.4 is 10.9 Å². The first-order chi connectivity index (χ1) is 11.4. The van der Waals surface area contributed by atoms with E-state index >= 15 is 0 Å². The molecule has 1 amide bonds. The summed E-state index contributed by atoms with van der Waals surface area (Å²) < 4.78 is 1.46. The van der Waals surface area contributed by atoms with E-state index in [1.165, 1.54) is 16.3 Å². The molecule has 0 fully saturated rings. The fourth-order valence-electron chi connectivity index (χ4n) is 2.44. The number of aromatic nitrogens is 3. The van der Waals surface area contributed by atoms with Crippen molar-refractivity contribution in [2.24, 2.45) is 7.05 Å². The van der Waals surface area contributed by atoms with Gasteiger partial charge in [0.2, 0.25) is 5.91 Å². The summed E-state index contributed by atoms with van der Waals surface area (Å²) in [6.07, 6.45) is 0. The van der Waals surface area contributed by atoms with Crippen LogP contribution in [0.15, 0.2) is 40.3 Å². The largest absolute Gasteiger partial charge is 0.353 e. The number of fused-ring (bicyclic) bond motifs is 1. The van der Waals surface area contributed by atoms with E-state index in [0.29, 0.717) is 16.2 Å². The van der Waals surface area contributed by atoms with Gasteiger partial charge in [0.15, 0.2) is 5.16 Å². The molecule has 0 unspecified atom stereocenters. The SMILES string of the molecule is Cc1cccc(NC(=O)CSc2nc3cc(C)[nH]c3c(=O)n2C)c1. The van der Waals surface area contributed by atoms with Crippen molar-refractivity contribution in [3.63, 3.8) is 0 Å². The monoisotopic (exact) mass is 342 g/mol. The highest BCUT2D eigenvalue weighted by Gasteiger charge is 2.12. The van der Waals surface area contributed by atoms with Crippen LogP contribution in [0.3, 0.4) is 0 Å². The molecule has 0 saturated heterocycles. The van der Waals surface area contributed by atoms with Crippen LogP contribution in [0.25, 0.3) is 11.0 Å². The zero-order valence-corrected chi connectivity index (χ0v) is 14.5. The second-order valence-electron chi connectivity index (χ2n) is 5.68. The van der Waals surface area contributed by atoms with Crippen molar-refractivity contribution < 1.29 is 4.79 Å². The number of nitrogens with zero attached hydrogens (tertiary/aromatic N) is 2. The Morgan fingerprint density at radius 2 is 2.12 bits per heavy atom. The predicted molar refractivity (Wildman–Crippen MR) is 96.6 cm³/mol. The summed E-state index contributed by atoms with van der Waals surface area (Å²) in [4.78, 5) is 31.9. The minimum absolute atomic E-state index is 0.134. The van der Waals surface area contributed by atoms with Crippen molar-refractivity contribution in [3.8, 4) is 0 Å². The fourth-order valence-corrected chi connectivity index (χ4v) is 3.21. The number of benzene rings is 1. The lowest BCUT2D eigenvalue weighted by Gasteiger charge is -2.08. The van der Waals surface area contributed by atoms with Gasteiger partial charge in [-0.05, 0) is 37.6 Å². The van der Waals surface area contributed by atoms with Gasteiger partial charge in [0.1, 0.15) is 5.52 Å². The molecule has 2 aromatic heterocycles. The highest BCUT2D eigenvalue weighted by Crippen LogP contribution is 2.18. The number of thioether (sulfide) groups is 1. The molecular weight excluding hydrogens is 324 g/mol. The molecule has 7 heteroatoms. The maximum Gasteiger partial charge on any atom is 0.278 e. The van der Waals surface area contributed by atoms with Crippen LogP contribution in [-0.4, -0.2) is 26.2 Å². The number of amides is 1. The molecule has 1 aromatic carbocycles. The lowest BCUT2D eigenvalue weighted by molar-refractivity contribution is -0.113. The molecular formula is C17H18N4O2S. The first-order valence-corrected chi connectivity index (χ1v) is 8.48. The Labute approximate surface area is 143 Å². The Morgan fingerprint density at radius 3 is 2.88 bits per heavy atom. The number of H-pyrrole nitrogens is 1. The number of carbonyl (C=O) groups excluding carboxylic acids is 1. The molecule has 0 spiro atoms. The summed E-state index contributed by atoms with van der Waals surface area (Å²) in [5.74, 6) is 0.0496. The molecule has 6 nitrogen and oxygen atoms in total. The lowest BCUT2D eigenvalue weighted by atomic mass is 10.2. The van der Waals surface area contributed by atoms with Crippen molar-refractivity contribution in [1.29, 1.82) is 0 Å². The van der Waals surface area contributed by atoms with Gasteiger partial charge in [-0.1, -0.05) is 23.9 Å². The van der Waals surface area contributed by atoms with Crippen LogP contribution in [-0.2, 0) is 11.8 Å². The summed E-state index contributed by atoms with van der Waals surface area (Å²) in [5.41, 5.74) is 3.70. The number of carbonyl (C=O) groups is 1. The molecule has 0 radical (unpaired) electrons. The van der Waals surface area contributed by atoms with Crippen LogP contribution in [0.5, 0.6) is 0 Å². The van der Waals surface area contributed by atoms with E-state index in [-0.39, 0.29) is 17.2 Å². The van der Waals surface area contributed by atoms with E-state index in [9.17, 15) is 9.59 Å². The molecule has 0 atom stereocenters. The van der Waals surface area contributed by atoms with Crippen molar-refractivity contribution >= 4 is 34.4 Å². The van der Waals surface area contributed by atoms with E-state index in [2.05, 4.69) is 15.3 Å². The molecule has 2 heterocycles. The van der Waals surface area contributed by atoms with Gasteiger partial charge >= 0.3 is 0 Å². The van der Waals surface area contributed by atoms with Crippen molar-refractivity contribution in [3.05, 3.63) is 51.9 Å². The highest BCUT2D eigenvalue weighted by molar-refractivity contribution is 7.99. The summed E-state index contributed by atoms with van der Waals surface area (Å²) in [5, 5.41) is 3.37. The van der Waals surface area contributed by atoms with Gasteiger partial charge in [0.05, 0.1) is 11.3 Å². The van der Waals surface area contributed by atoms with E-state index in [0.717, 1.165) is 16.9 Å². The highest BCUT2D eigenvalue weighted by atomic mass is 32.2. The summed E-state index contributed by atoms with van der Waals surface area (Å²) >= 11 is 1.24. The fraction of sp³-hybridized carbons (Fsp3) is 0.235. The van der Waals surface area contributed by atoms with Crippen LogP contribution in [0, 0.1) is 13.8 Å². The quantitative estimate of drug-likeness (QED) is 0.564. The number of nitrogens with one attached hydrogen (secondary N) is 2. The second kappa shape index (κ2) is 6.52. The lowest BCUT2D eigenvalue weighted by Crippen LogP contribution is -2.21. The van der Waals surface area contributed by atoms with Crippen molar-refractivity contribution in [2.75, 3.05) is 11.1 Å². The molecule has 2 N–H and O–H groups in total. The van der Waals surface area contributed by atoms with Crippen molar-refractivity contribution in [1.82, 2.24) is 14.5 Å². The van der Waals surface area contributed by atoms with E-state index < -0.39 is 0 Å². The minimum Gasteiger partial charge on any atom is -0.353 e. The number of aromatic amines is 1. The Hall–Kier alpha value is -2.54. The average molecular weight is 342 g/mol. The van der Waals surface area contributed by atoms with Crippen LogP contribution in [0.1, 0.15) is 11.3 Å². The van der Waals surface area contributed by atoms with Gasteiger partial charge in [-0.2, -0.15) is 0 Å². The normalized spacial score (nSPS) is 11.0. The van der Waals surface area contributed by atoms with Crippen LogP contribution in [0.2, 0.25) is 0 Å². The van der Waals surface area contributed by atoms with Gasteiger partial charge in [-0.15, -0.1) is 0 Å². The molecule has 0 bridgehead atoms. The zero-order chi connectivity index (χ0) is 17.3. The average Bonchev–Trinajstić information content (AvgIpc) is 2.90. The van der Waals surface area contributed by atoms with Gasteiger partial charge in [-0.3, -0.25) is 14.2 Å². The smallest absolute Gasteiger partial charge is 0.278 e. The molecule has 0 aliphatic rings. The summed E-state index contributed by atoms with van der Waals surface area (Å²) in [6.45, 7) is 3.85. The Kier molecular flexibility index (Phi) is 4.44. The predicted octanol–water partition coefficient (Wildman–Crippen LogP) is 2.61. The molecule has 0 aliphatic heterocycles. The first-order valence-electron chi connectivity index (χ1n) is 7.49. The van der Waals surface area contributed by atoms with E-state index in [4.69, 9.17) is 0 Å². The second-order valence-corrected chi connectivity index (χ2v) is 6.62. The maximum atomic E-state index is 12.3. The topological polar surface area (TPSA) is 79.8 Å². The van der Waals surface area contributed by atoms with Crippen LogP contribution in [0.4, 0.5) is 5.69 Å². The molecule has 24 heavy (non-hydrogen) atoms. The Morgan fingerprint density at radius 1 is 1.33 bits per heavy atom. The van der Waals surface area contributed by atoms with Crippen molar-refractivity contribution in [2.45, 2.75) is 19.0 Å². The molecule has 124 valence electrons. The summed E-state index contributed by atoms with van der Waals surface area (Å²) in [6, 6.07) is 9.45. The molecule has 3 aromatic rings. The van der Waals surface area contributed by atoms with Gasteiger partial charge in [0, 0.05) is 18.4 Å². The third kappa shape index (κ3) is 3.35. The molecule has 3 rings (SSSR count). The third-order valence-electron chi connectivity index (χ3n) is 3.59. The van der Waals surface area contributed by atoms with E-state index in [1.807, 2.05) is 44.2 Å². The maximum absolute atomic E-state index is 12.3. The molecule has 0 saturated carbocycles. The number of hydrogen-bond acceptors (Lipinski definition) is 4.